The van der Waals surface area contributed by atoms with Crippen LogP contribution in [0.1, 0.15) is 25.0 Å². The number of hydrogen-bond acceptors (Lipinski definition) is 4. The van der Waals surface area contributed by atoms with Crippen LogP contribution >= 0.6 is 11.6 Å². The Kier molecular flexibility index (Phi) is 9.80. The number of sulfonamides is 1. The predicted octanol–water partition coefficient (Wildman–Crippen LogP) is 5.25. The van der Waals surface area contributed by atoms with Crippen molar-refractivity contribution in [1.82, 2.24) is 10.2 Å². The van der Waals surface area contributed by atoms with Crippen LogP contribution in [0.2, 0.25) is 5.02 Å². The second-order valence-electron chi connectivity index (χ2n) is 8.67. The van der Waals surface area contributed by atoms with Crippen LogP contribution in [0, 0.1) is 5.82 Å². The maximum atomic E-state index is 14.5. The maximum Gasteiger partial charge on any atom is 0.416 e. The number of anilines is 1. The van der Waals surface area contributed by atoms with Gasteiger partial charge in [0.2, 0.25) is 11.8 Å². The average Bonchev–Trinajstić information content (AvgIpc) is 2.91. The van der Waals surface area contributed by atoms with Crippen molar-refractivity contribution in [2.24, 2.45) is 0 Å². The van der Waals surface area contributed by atoms with E-state index in [0.29, 0.717) is 16.4 Å². The predicted molar refractivity (Wildman–Crippen MR) is 143 cm³/mol. The third-order valence-corrected chi connectivity index (χ3v) is 8.06. The van der Waals surface area contributed by atoms with E-state index in [1.165, 1.54) is 55.5 Å². The zero-order valence-corrected chi connectivity index (χ0v) is 23.0. The molecule has 0 spiro atoms. The van der Waals surface area contributed by atoms with Crippen LogP contribution in [0.5, 0.6) is 0 Å². The van der Waals surface area contributed by atoms with Crippen LogP contribution in [0.4, 0.5) is 23.2 Å². The summed E-state index contributed by atoms with van der Waals surface area (Å²) in [5.74, 6) is -2.24. The lowest BCUT2D eigenvalue weighted by molar-refractivity contribution is -0.139. The summed E-state index contributed by atoms with van der Waals surface area (Å²) in [6.07, 6.45) is -4.84. The van der Waals surface area contributed by atoms with Crippen molar-refractivity contribution in [1.29, 1.82) is 0 Å². The number of amides is 2. The Hall–Kier alpha value is -3.64. The monoisotopic (exact) mass is 599 g/mol. The first-order valence-electron chi connectivity index (χ1n) is 12.0. The van der Waals surface area contributed by atoms with Gasteiger partial charge >= 0.3 is 6.18 Å². The molecule has 0 aliphatic rings. The molecule has 7 nitrogen and oxygen atoms in total. The van der Waals surface area contributed by atoms with Crippen LogP contribution in [0.3, 0.4) is 0 Å². The van der Waals surface area contributed by atoms with E-state index >= 15 is 0 Å². The van der Waals surface area contributed by atoms with E-state index in [2.05, 4.69) is 5.32 Å². The summed E-state index contributed by atoms with van der Waals surface area (Å²) >= 11 is 6.19. The molecule has 0 fully saturated rings. The summed E-state index contributed by atoms with van der Waals surface area (Å²) in [6, 6.07) is 13.2. The van der Waals surface area contributed by atoms with Gasteiger partial charge in [-0.2, -0.15) is 13.2 Å². The highest BCUT2D eigenvalue weighted by Crippen LogP contribution is 2.37. The Balaban J connectivity index is 2.14. The maximum absolute atomic E-state index is 14.5. The highest BCUT2D eigenvalue weighted by atomic mass is 35.5. The second-order valence-corrected chi connectivity index (χ2v) is 10.9. The molecule has 0 unspecified atom stereocenters. The molecular formula is C27H26ClF4N3O4S. The van der Waals surface area contributed by atoms with Crippen LogP contribution < -0.4 is 9.62 Å². The summed E-state index contributed by atoms with van der Waals surface area (Å²) in [5.41, 5.74) is -1.74. The molecule has 13 heteroatoms. The fourth-order valence-corrected chi connectivity index (χ4v) is 5.54. The Labute approximate surface area is 234 Å². The molecule has 0 aliphatic heterocycles. The topological polar surface area (TPSA) is 86.8 Å². The highest BCUT2D eigenvalue weighted by Gasteiger charge is 2.36. The van der Waals surface area contributed by atoms with Gasteiger partial charge in [0.25, 0.3) is 10.0 Å². The van der Waals surface area contributed by atoms with E-state index in [4.69, 9.17) is 11.6 Å². The van der Waals surface area contributed by atoms with Crippen molar-refractivity contribution in [3.8, 4) is 0 Å². The molecule has 1 N–H and O–H groups in total. The molecule has 0 saturated carbocycles. The molecule has 3 rings (SSSR count). The van der Waals surface area contributed by atoms with E-state index in [1.807, 2.05) is 0 Å². The molecule has 3 aromatic carbocycles. The molecule has 0 saturated heterocycles. The molecule has 0 heterocycles. The first kappa shape index (κ1) is 30.9. The summed E-state index contributed by atoms with van der Waals surface area (Å²) in [5, 5.41) is 2.19. The van der Waals surface area contributed by atoms with E-state index in [9.17, 15) is 35.6 Å². The van der Waals surface area contributed by atoms with Crippen molar-refractivity contribution in [3.63, 3.8) is 0 Å². The fraction of sp³-hybridized carbons (Fsp3) is 0.259. The largest absolute Gasteiger partial charge is 0.416 e. The van der Waals surface area contributed by atoms with Gasteiger partial charge in [0, 0.05) is 18.7 Å². The number of carbonyl (C=O) groups is 2. The van der Waals surface area contributed by atoms with Crippen molar-refractivity contribution >= 4 is 39.1 Å². The minimum absolute atomic E-state index is 0.0431. The average molecular weight is 600 g/mol. The zero-order chi connectivity index (χ0) is 29.7. The lowest BCUT2D eigenvalue weighted by Crippen LogP contribution is -2.51. The number of likely N-dealkylation sites (N-methyl/N-ethyl adjacent to an activating group) is 1. The SMILES string of the molecule is CCNC(=O)[C@H](C)N(Cc1ccccc1F)C(=O)CN(c1cc(C(F)(F)F)ccc1Cl)S(=O)(=O)c1ccccc1. The summed E-state index contributed by atoms with van der Waals surface area (Å²) in [7, 11) is -4.65. The van der Waals surface area contributed by atoms with Crippen LogP contribution in [0.15, 0.2) is 77.7 Å². The van der Waals surface area contributed by atoms with Crippen molar-refractivity contribution in [2.75, 3.05) is 17.4 Å². The molecule has 40 heavy (non-hydrogen) atoms. The van der Waals surface area contributed by atoms with Gasteiger partial charge < -0.3 is 10.2 Å². The third-order valence-electron chi connectivity index (χ3n) is 5.97. The van der Waals surface area contributed by atoms with Gasteiger partial charge in [0.1, 0.15) is 18.4 Å². The summed E-state index contributed by atoms with van der Waals surface area (Å²) in [6.45, 7) is 1.80. The van der Waals surface area contributed by atoms with Gasteiger partial charge in [-0.3, -0.25) is 13.9 Å². The van der Waals surface area contributed by atoms with Gasteiger partial charge in [0.15, 0.2) is 0 Å². The number of hydrogen-bond donors (Lipinski definition) is 1. The first-order chi connectivity index (χ1) is 18.8. The smallest absolute Gasteiger partial charge is 0.355 e. The molecule has 0 aromatic heterocycles. The molecule has 3 aromatic rings. The zero-order valence-electron chi connectivity index (χ0n) is 21.5. The van der Waals surface area contributed by atoms with Crippen molar-refractivity contribution in [3.05, 3.63) is 94.8 Å². The normalized spacial score (nSPS) is 12.5. The van der Waals surface area contributed by atoms with Crippen LogP contribution in [0.25, 0.3) is 0 Å². The Morgan fingerprint density at radius 3 is 2.23 bits per heavy atom. The van der Waals surface area contributed by atoms with E-state index in [0.717, 1.165) is 17.0 Å². The molecule has 214 valence electrons. The number of benzene rings is 3. The Bertz CT molecular complexity index is 1470. The van der Waals surface area contributed by atoms with Gasteiger partial charge in [-0.05, 0) is 50.2 Å². The van der Waals surface area contributed by atoms with Crippen LogP contribution in [-0.2, 0) is 32.3 Å². The van der Waals surface area contributed by atoms with E-state index in [-0.39, 0.29) is 22.0 Å². The Morgan fingerprint density at radius 1 is 1.00 bits per heavy atom. The van der Waals surface area contributed by atoms with Crippen molar-refractivity contribution in [2.45, 2.75) is 37.5 Å². The first-order valence-corrected chi connectivity index (χ1v) is 13.8. The molecule has 1 atom stereocenters. The summed E-state index contributed by atoms with van der Waals surface area (Å²) < 4.78 is 83.0. The second kappa shape index (κ2) is 12.7. The van der Waals surface area contributed by atoms with Crippen molar-refractivity contribution < 1.29 is 35.6 Å². The van der Waals surface area contributed by atoms with Crippen LogP contribution in [-0.4, -0.2) is 44.3 Å². The molecule has 0 radical (unpaired) electrons. The number of nitrogens with zero attached hydrogens (tertiary/aromatic N) is 2. The minimum atomic E-state index is -4.84. The third kappa shape index (κ3) is 7.11. The summed E-state index contributed by atoms with van der Waals surface area (Å²) in [4.78, 5) is 27.0. The number of carbonyl (C=O) groups excluding carboxylic acids is 2. The quantitative estimate of drug-likeness (QED) is 0.323. The lowest BCUT2D eigenvalue weighted by Gasteiger charge is -2.32. The van der Waals surface area contributed by atoms with E-state index in [1.54, 1.807) is 6.92 Å². The molecule has 2 amide bonds. The fourth-order valence-electron chi connectivity index (χ4n) is 3.83. The number of halogens is 5. The number of alkyl halides is 3. The Morgan fingerprint density at radius 2 is 1.62 bits per heavy atom. The van der Waals surface area contributed by atoms with Gasteiger partial charge in [-0.1, -0.05) is 48.0 Å². The van der Waals surface area contributed by atoms with Gasteiger partial charge in [-0.25, -0.2) is 12.8 Å². The number of rotatable bonds is 10. The minimum Gasteiger partial charge on any atom is -0.355 e. The molecule has 0 bridgehead atoms. The van der Waals surface area contributed by atoms with Gasteiger partial charge in [0.05, 0.1) is 21.2 Å². The number of nitrogens with one attached hydrogen (secondary N) is 1. The lowest BCUT2D eigenvalue weighted by atomic mass is 10.1. The highest BCUT2D eigenvalue weighted by molar-refractivity contribution is 7.92. The molecular weight excluding hydrogens is 574 g/mol. The van der Waals surface area contributed by atoms with E-state index < -0.39 is 64.2 Å². The standard InChI is InChI=1S/C27H26ClF4N3O4S/c1-3-33-26(37)18(2)34(16-19-9-7-8-12-23(19)29)25(36)17-35(40(38,39)21-10-5-4-6-11-21)24-15-20(27(30,31)32)13-14-22(24)28/h4-15,18H,3,16-17H2,1-2H3,(H,33,37)/t18-/m0/s1. The molecule has 0 aliphatic carbocycles. The van der Waals surface area contributed by atoms with Gasteiger partial charge in [-0.15, -0.1) is 0 Å².